The van der Waals surface area contributed by atoms with Gasteiger partial charge in [0.25, 0.3) is 0 Å². The van der Waals surface area contributed by atoms with Crippen molar-refractivity contribution < 1.29 is 18.3 Å². The van der Waals surface area contributed by atoms with E-state index < -0.39 is 26.2 Å². The second-order valence-electron chi connectivity index (χ2n) is 2.95. The Hall–Kier alpha value is -0.290. The monoisotopic (exact) mass is 212 g/mol. The summed E-state index contributed by atoms with van der Waals surface area (Å²) in [5.41, 5.74) is 0. The van der Waals surface area contributed by atoms with Crippen LogP contribution < -0.4 is 0 Å². The van der Waals surface area contributed by atoms with Gasteiger partial charge in [-0.2, -0.15) is 0 Å². The highest BCUT2D eigenvalue weighted by Crippen LogP contribution is 2.32. The molecular formula is C6H9ClO4S. The van der Waals surface area contributed by atoms with Gasteiger partial charge in [-0.05, 0) is 19.3 Å². The maximum Gasteiger partial charge on any atom is 0.306 e. The summed E-state index contributed by atoms with van der Waals surface area (Å²) in [5, 5.41) is 7.89. The molecule has 0 spiro atoms. The summed E-state index contributed by atoms with van der Waals surface area (Å²) in [6.07, 6.45) is 0.927. The molecule has 70 valence electrons. The molecule has 12 heavy (non-hydrogen) atoms. The van der Waals surface area contributed by atoms with Gasteiger partial charge in [-0.15, -0.1) is 0 Å². The van der Waals surface area contributed by atoms with Gasteiger partial charge < -0.3 is 5.11 Å². The second kappa shape index (κ2) is 3.22. The zero-order chi connectivity index (χ0) is 9.35. The number of hydrogen-bond donors (Lipinski definition) is 1. The average Bonchev–Trinajstić information content (AvgIpc) is 2.30. The zero-order valence-electron chi connectivity index (χ0n) is 6.23. The lowest BCUT2D eigenvalue weighted by atomic mass is 10.1. The molecule has 0 aromatic carbocycles. The predicted octanol–water partition coefficient (Wildman–Crippen LogP) is 0.808. The molecule has 0 radical (unpaired) electrons. The Morgan fingerprint density at radius 3 is 2.25 bits per heavy atom. The van der Waals surface area contributed by atoms with E-state index in [9.17, 15) is 13.2 Å². The van der Waals surface area contributed by atoms with Gasteiger partial charge in [0.2, 0.25) is 9.05 Å². The standard InChI is InChI=1S/C6H9ClO4S/c7-12(10,11)5-2-1-4(3-5)6(8)9/h4-5H,1-3H2,(H,8,9). The summed E-state index contributed by atoms with van der Waals surface area (Å²) in [5.74, 6) is -1.47. The Balaban J connectivity index is 2.64. The largest absolute Gasteiger partial charge is 0.481 e. The number of hydrogen-bond acceptors (Lipinski definition) is 3. The Morgan fingerprint density at radius 1 is 1.42 bits per heavy atom. The van der Waals surface area contributed by atoms with Crippen molar-refractivity contribution in [2.24, 2.45) is 5.92 Å². The van der Waals surface area contributed by atoms with E-state index in [4.69, 9.17) is 15.8 Å². The van der Waals surface area contributed by atoms with E-state index in [1.165, 1.54) is 0 Å². The predicted molar refractivity (Wildman–Crippen MR) is 43.5 cm³/mol. The van der Waals surface area contributed by atoms with Crippen LogP contribution in [-0.4, -0.2) is 24.7 Å². The minimum atomic E-state index is -3.56. The van der Waals surface area contributed by atoms with Crippen LogP contribution in [0.4, 0.5) is 0 Å². The molecule has 1 aliphatic carbocycles. The van der Waals surface area contributed by atoms with Crippen molar-refractivity contribution in [1.82, 2.24) is 0 Å². The van der Waals surface area contributed by atoms with E-state index in [1.807, 2.05) is 0 Å². The maximum atomic E-state index is 10.8. The number of rotatable bonds is 2. The van der Waals surface area contributed by atoms with Crippen LogP contribution in [0.15, 0.2) is 0 Å². The van der Waals surface area contributed by atoms with Crippen molar-refractivity contribution in [3.8, 4) is 0 Å². The lowest BCUT2D eigenvalue weighted by Gasteiger charge is -2.03. The maximum absolute atomic E-state index is 10.8. The first-order valence-electron chi connectivity index (χ1n) is 3.57. The third kappa shape index (κ3) is 2.10. The molecule has 2 unspecified atom stereocenters. The van der Waals surface area contributed by atoms with Crippen LogP contribution in [-0.2, 0) is 13.8 Å². The molecule has 4 nitrogen and oxygen atoms in total. The van der Waals surface area contributed by atoms with Crippen LogP contribution in [0.1, 0.15) is 19.3 Å². The van der Waals surface area contributed by atoms with Crippen LogP contribution >= 0.6 is 10.7 Å². The van der Waals surface area contributed by atoms with Gasteiger partial charge in [0.05, 0.1) is 11.2 Å². The molecule has 0 aromatic rings. The van der Waals surface area contributed by atoms with E-state index >= 15 is 0 Å². The summed E-state index contributed by atoms with van der Waals surface area (Å²) in [7, 11) is 1.53. The van der Waals surface area contributed by atoms with Crippen LogP contribution in [0.2, 0.25) is 0 Å². The summed E-state index contributed by atoms with van der Waals surface area (Å²) < 4.78 is 21.5. The fraction of sp³-hybridized carbons (Fsp3) is 0.833. The van der Waals surface area contributed by atoms with Crippen LogP contribution in [0.5, 0.6) is 0 Å². The number of halogens is 1. The summed E-state index contributed by atoms with van der Waals surface area (Å²) in [6, 6.07) is 0. The first-order valence-corrected chi connectivity index (χ1v) is 5.95. The van der Waals surface area contributed by atoms with Gasteiger partial charge in [-0.3, -0.25) is 4.79 Å². The Labute approximate surface area is 74.9 Å². The van der Waals surface area contributed by atoms with Gasteiger partial charge in [-0.25, -0.2) is 8.42 Å². The summed E-state index contributed by atoms with van der Waals surface area (Å²) in [4.78, 5) is 10.4. The zero-order valence-corrected chi connectivity index (χ0v) is 7.81. The van der Waals surface area contributed by atoms with Crippen LogP contribution in [0.3, 0.4) is 0 Å². The highest BCUT2D eigenvalue weighted by molar-refractivity contribution is 8.14. The lowest BCUT2D eigenvalue weighted by molar-refractivity contribution is -0.141. The van der Waals surface area contributed by atoms with Gasteiger partial charge in [-0.1, -0.05) is 0 Å². The topological polar surface area (TPSA) is 71.4 Å². The second-order valence-corrected chi connectivity index (χ2v) is 5.85. The average molecular weight is 213 g/mol. The van der Waals surface area contributed by atoms with Crippen LogP contribution in [0, 0.1) is 5.92 Å². The minimum absolute atomic E-state index is 0.154. The molecule has 1 aliphatic rings. The molecule has 1 saturated carbocycles. The summed E-state index contributed by atoms with van der Waals surface area (Å²) >= 11 is 0. The van der Waals surface area contributed by atoms with E-state index in [-0.39, 0.29) is 6.42 Å². The number of aliphatic carboxylic acids is 1. The molecule has 1 rings (SSSR count). The Morgan fingerprint density at radius 2 is 2.00 bits per heavy atom. The third-order valence-corrected chi connectivity index (χ3v) is 4.11. The SMILES string of the molecule is O=C(O)C1CCC(S(=O)(=O)Cl)C1. The molecule has 0 aliphatic heterocycles. The minimum Gasteiger partial charge on any atom is -0.481 e. The van der Waals surface area contributed by atoms with Crippen molar-refractivity contribution in [3.63, 3.8) is 0 Å². The van der Waals surface area contributed by atoms with Gasteiger partial charge >= 0.3 is 5.97 Å². The first kappa shape index (κ1) is 9.80. The van der Waals surface area contributed by atoms with Crippen LogP contribution in [0.25, 0.3) is 0 Å². The van der Waals surface area contributed by atoms with E-state index in [0.29, 0.717) is 12.8 Å². The molecule has 0 amide bonds. The quantitative estimate of drug-likeness (QED) is 0.688. The highest BCUT2D eigenvalue weighted by atomic mass is 35.7. The molecule has 0 heterocycles. The fourth-order valence-corrected chi connectivity index (χ4v) is 2.79. The van der Waals surface area contributed by atoms with E-state index in [1.54, 1.807) is 0 Å². The molecule has 6 heteroatoms. The van der Waals surface area contributed by atoms with Crippen molar-refractivity contribution >= 4 is 25.7 Å². The van der Waals surface area contributed by atoms with Gasteiger partial charge in [0, 0.05) is 10.7 Å². The molecule has 0 aromatic heterocycles. The Kier molecular flexibility index (Phi) is 2.63. The van der Waals surface area contributed by atoms with Crippen molar-refractivity contribution in [1.29, 1.82) is 0 Å². The normalized spacial score (nSPS) is 30.4. The summed E-state index contributed by atoms with van der Waals surface area (Å²) in [6.45, 7) is 0. The van der Waals surface area contributed by atoms with Crippen molar-refractivity contribution in [2.45, 2.75) is 24.5 Å². The number of carbonyl (C=O) groups is 1. The highest BCUT2D eigenvalue weighted by Gasteiger charge is 2.36. The molecular weight excluding hydrogens is 204 g/mol. The Bertz CT molecular complexity index is 284. The molecule has 0 bridgehead atoms. The smallest absolute Gasteiger partial charge is 0.306 e. The van der Waals surface area contributed by atoms with Gasteiger partial charge in [0.15, 0.2) is 0 Å². The third-order valence-electron chi connectivity index (χ3n) is 2.13. The van der Waals surface area contributed by atoms with Crippen molar-refractivity contribution in [3.05, 3.63) is 0 Å². The number of carboxylic acids is 1. The lowest BCUT2D eigenvalue weighted by Crippen LogP contribution is -2.15. The molecule has 2 atom stereocenters. The number of carboxylic acid groups (broad SMARTS) is 1. The molecule has 1 N–H and O–H groups in total. The van der Waals surface area contributed by atoms with Crippen molar-refractivity contribution in [2.75, 3.05) is 0 Å². The first-order chi connectivity index (χ1) is 5.41. The van der Waals surface area contributed by atoms with E-state index in [2.05, 4.69) is 0 Å². The van der Waals surface area contributed by atoms with Gasteiger partial charge in [0.1, 0.15) is 0 Å². The fourth-order valence-electron chi connectivity index (χ4n) is 1.42. The molecule has 0 saturated heterocycles. The molecule has 1 fully saturated rings. The van der Waals surface area contributed by atoms with E-state index in [0.717, 1.165) is 0 Å².